The molecule has 0 aliphatic rings. The van der Waals surface area contributed by atoms with E-state index in [9.17, 15) is 9.59 Å². The number of ketones is 2. The summed E-state index contributed by atoms with van der Waals surface area (Å²) in [5.41, 5.74) is 0.933. The number of methoxy groups -OCH3 is 1. The maximum atomic E-state index is 11.4. The van der Waals surface area contributed by atoms with Crippen molar-refractivity contribution in [3.05, 3.63) is 47.7 Å². The number of rotatable bonds is 5. The molecule has 0 aliphatic carbocycles. The van der Waals surface area contributed by atoms with Crippen LogP contribution < -0.4 is 4.74 Å². The van der Waals surface area contributed by atoms with Gasteiger partial charge in [0.2, 0.25) is 0 Å². The molecular formula is C17H16O4. The van der Waals surface area contributed by atoms with Crippen molar-refractivity contribution < 1.29 is 18.7 Å². The Morgan fingerprint density at radius 1 is 1.05 bits per heavy atom. The first-order valence-electron chi connectivity index (χ1n) is 6.49. The van der Waals surface area contributed by atoms with Crippen molar-refractivity contribution >= 4 is 17.6 Å². The normalized spacial score (nSPS) is 10.0. The molecule has 21 heavy (non-hydrogen) atoms. The molecule has 1 aromatic heterocycles. The largest absolute Gasteiger partial charge is 0.496 e. The molecule has 2 aromatic rings. The van der Waals surface area contributed by atoms with E-state index in [4.69, 9.17) is 9.15 Å². The van der Waals surface area contributed by atoms with Gasteiger partial charge in [-0.3, -0.25) is 9.59 Å². The van der Waals surface area contributed by atoms with Crippen molar-refractivity contribution in [2.24, 2.45) is 0 Å². The lowest BCUT2D eigenvalue weighted by Gasteiger charge is -2.04. The van der Waals surface area contributed by atoms with Crippen molar-refractivity contribution in [3.8, 4) is 17.1 Å². The molecule has 0 spiro atoms. The Bertz CT molecular complexity index is 691. The molecule has 0 amide bonds. The number of allylic oxidation sites excluding steroid dienone is 1. The molecule has 108 valence electrons. The third-order valence-corrected chi connectivity index (χ3v) is 3.04. The van der Waals surface area contributed by atoms with Crippen molar-refractivity contribution in [1.82, 2.24) is 0 Å². The van der Waals surface area contributed by atoms with Crippen LogP contribution in [-0.4, -0.2) is 18.7 Å². The number of carbonyl (C=O) groups excluding carboxylic acids is 2. The molecular weight excluding hydrogens is 268 g/mol. The van der Waals surface area contributed by atoms with Crippen molar-refractivity contribution in [3.63, 3.8) is 0 Å². The van der Waals surface area contributed by atoms with E-state index in [1.54, 1.807) is 19.2 Å². The SMILES string of the molecule is COc1ccccc1-c1ccc(C=C(C(C)=O)C(C)=O)o1. The zero-order chi connectivity index (χ0) is 15.4. The second-order valence-corrected chi connectivity index (χ2v) is 4.57. The third-order valence-electron chi connectivity index (χ3n) is 3.04. The average molecular weight is 284 g/mol. The Morgan fingerprint density at radius 2 is 1.71 bits per heavy atom. The predicted octanol–water partition coefficient (Wildman–Crippen LogP) is 3.52. The summed E-state index contributed by atoms with van der Waals surface area (Å²) in [6.45, 7) is 2.72. The molecule has 1 aromatic carbocycles. The van der Waals surface area contributed by atoms with Gasteiger partial charge in [0, 0.05) is 0 Å². The van der Waals surface area contributed by atoms with Gasteiger partial charge in [0.05, 0.1) is 18.2 Å². The number of para-hydroxylation sites is 1. The molecule has 0 unspecified atom stereocenters. The van der Waals surface area contributed by atoms with Gasteiger partial charge >= 0.3 is 0 Å². The first-order valence-corrected chi connectivity index (χ1v) is 6.49. The maximum absolute atomic E-state index is 11.4. The number of furan rings is 1. The average Bonchev–Trinajstić information content (AvgIpc) is 2.92. The summed E-state index contributed by atoms with van der Waals surface area (Å²) in [7, 11) is 1.59. The molecule has 0 bridgehead atoms. The molecule has 0 atom stereocenters. The van der Waals surface area contributed by atoms with E-state index >= 15 is 0 Å². The highest BCUT2D eigenvalue weighted by atomic mass is 16.5. The highest BCUT2D eigenvalue weighted by Crippen LogP contribution is 2.31. The predicted molar refractivity (Wildman–Crippen MR) is 80.0 cm³/mol. The van der Waals surface area contributed by atoms with Crippen molar-refractivity contribution in [2.45, 2.75) is 13.8 Å². The van der Waals surface area contributed by atoms with Crippen LogP contribution in [0.25, 0.3) is 17.4 Å². The first-order chi connectivity index (χ1) is 10.0. The number of carbonyl (C=O) groups is 2. The summed E-state index contributed by atoms with van der Waals surface area (Å²) in [4.78, 5) is 22.8. The smallest absolute Gasteiger partial charge is 0.163 e. The van der Waals surface area contributed by atoms with Crippen molar-refractivity contribution in [1.29, 1.82) is 0 Å². The van der Waals surface area contributed by atoms with Gasteiger partial charge in [0.15, 0.2) is 11.6 Å². The van der Waals surface area contributed by atoms with E-state index in [0.29, 0.717) is 17.3 Å². The minimum absolute atomic E-state index is 0.121. The second kappa shape index (κ2) is 6.22. The lowest BCUT2D eigenvalue weighted by molar-refractivity contribution is -0.119. The second-order valence-electron chi connectivity index (χ2n) is 4.57. The van der Waals surface area contributed by atoms with Crippen LogP contribution in [0.15, 0.2) is 46.4 Å². The molecule has 4 nitrogen and oxygen atoms in total. The molecule has 0 fully saturated rings. The molecule has 0 aliphatic heterocycles. The maximum Gasteiger partial charge on any atom is 0.163 e. The summed E-state index contributed by atoms with van der Waals surface area (Å²) >= 11 is 0. The van der Waals surface area contributed by atoms with Gasteiger partial charge in [-0.25, -0.2) is 0 Å². The van der Waals surface area contributed by atoms with Gasteiger partial charge in [0.25, 0.3) is 0 Å². The van der Waals surface area contributed by atoms with E-state index in [2.05, 4.69) is 0 Å². The van der Waals surface area contributed by atoms with E-state index in [1.165, 1.54) is 19.9 Å². The van der Waals surface area contributed by atoms with Gasteiger partial charge < -0.3 is 9.15 Å². The number of benzene rings is 1. The quantitative estimate of drug-likeness (QED) is 0.479. The number of hydrogen-bond acceptors (Lipinski definition) is 4. The Morgan fingerprint density at radius 3 is 2.33 bits per heavy atom. The van der Waals surface area contributed by atoms with Crippen LogP contribution in [-0.2, 0) is 9.59 Å². The van der Waals surface area contributed by atoms with E-state index < -0.39 is 0 Å². The summed E-state index contributed by atoms with van der Waals surface area (Å²) < 4.78 is 11.0. The number of Topliss-reactive ketones (excluding diaryl/α,β-unsaturated/α-hetero) is 2. The number of ether oxygens (including phenoxy) is 1. The fourth-order valence-electron chi connectivity index (χ4n) is 2.02. The summed E-state index contributed by atoms with van der Waals surface area (Å²) in [5, 5.41) is 0. The lowest BCUT2D eigenvalue weighted by atomic mass is 10.1. The zero-order valence-electron chi connectivity index (χ0n) is 12.2. The van der Waals surface area contributed by atoms with Gasteiger partial charge in [-0.1, -0.05) is 12.1 Å². The van der Waals surface area contributed by atoms with Crippen LogP contribution in [0.5, 0.6) is 5.75 Å². The molecule has 0 saturated carbocycles. The van der Waals surface area contributed by atoms with Crippen LogP contribution in [0.3, 0.4) is 0 Å². The van der Waals surface area contributed by atoms with E-state index in [-0.39, 0.29) is 17.1 Å². The fourth-order valence-corrected chi connectivity index (χ4v) is 2.02. The summed E-state index contributed by atoms with van der Waals surface area (Å²) in [6.07, 6.45) is 1.46. The number of hydrogen-bond donors (Lipinski definition) is 0. The minimum Gasteiger partial charge on any atom is -0.496 e. The Kier molecular flexibility index (Phi) is 4.38. The van der Waals surface area contributed by atoms with Crippen LogP contribution >= 0.6 is 0 Å². The van der Waals surface area contributed by atoms with Crippen molar-refractivity contribution in [2.75, 3.05) is 7.11 Å². The Hall–Kier alpha value is -2.62. The molecule has 4 heteroatoms. The minimum atomic E-state index is -0.280. The standard InChI is InChI=1S/C17H16O4/c1-11(18)15(12(2)19)10-13-8-9-17(21-13)14-6-4-5-7-16(14)20-3/h4-10H,1-3H3. The zero-order valence-corrected chi connectivity index (χ0v) is 12.2. The summed E-state index contributed by atoms with van der Waals surface area (Å²) in [6, 6.07) is 11.0. The fraction of sp³-hybridized carbons (Fsp3) is 0.176. The van der Waals surface area contributed by atoms with Crippen LogP contribution in [0.2, 0.25) is 0 Å². The van der Waals surface area contributed by atoms with Gasteiger partial charge in [-0.05, 0) is 44.2 Å². The topological polar surface area (TPSA) is 56.5 Å². The summed E-state index contributed by atoms with van der Waals surface area (Å²) in [5.74, 6) is 1.21. The molecule has 0 saturated heterocycles. The highest BCUT2D eigenvalue weighted by molar-refractivity contribution is 6.21. The van der Waals surface area contributed by atoms with Gasteiger partial charge in [-0.15, -0.1) is 0 Å². The Balaban J connectivity index is 2.40. The van der Waals surface area contributed by atoms with Crippen LogP contribution in [0.4, 0.5) is 0 Å². The van der Waals surface area contributed by atoms with Gasteiger partial charge in [-0.2, -0.15) is 0 Å². The van der Waals surface area contributed by atoms with E-state index in [0.717, 1.165) is 5.56 Å². The van der Waals surface area contributed by atoms with Crippen LogP contribution in [0, 0.1) is 0 Å². The molecule has 1 heterocycles. The van der Waals surface area contributed by atoms with E-state index in [1.807, 2.05) is 24.3 Å². The van der Waals surface area contributed by atoms with Gasteiger partial charge in [0.1, 0.15) is 17.3 Å². The molecule has 0 N–H and O–H groups in total. The van der Waals surface area contributed by atoms with Crippen LogP contribution in [0.1, 0.15) is 19.6 Å². The molecule has 0 radical (unpaired) electrons. The monoisotopic (exact) mass is 284 g/mol. The lowest BCUT2D eigenvalue weighted by Crippen LogP contribution is -2.05. The highest BCUT2D eigenvalue weighted by Gasteiger charge is 2.13. The molecule has 2 rings (SSSR count). The first kappa shape index (κ1) is 14.8. The Labute approximate surface area is 123 Å². The third kappa shape index (κ3) is 3.28.